The Morgan fingerprint density at radius 3 is 1.80 bits per heavy atom. The molecule has 0 aliphatic heterocycles. The topological polar surface area (TPSA) is 62.5 Å². The van der Waals surface area contributed by atoms with Crippen molar-refractivity contribution in [1.82, 2.24) is 15.0 Å². The summed E-state index contributed by atoms with van der Waals surface area (Å²) in [7, 11) is 0. The van der Waals surface area contributed by atoms with Gasteiger partial charge >= 0.3 is 0 Å². The smallest absolute Gasteiger partial charge is 0.164 e. The summed E-state index contributed by atoms with van der Waals surface area (Å²) in [5, 5.41) is 11.8. The molecule has 5 aromatic carbocycles. The molecular formula is C42H34N4. The third-order valence-electron chi connectivity index (χ3n) is 10.9. The summed E-state index contributed by atoms with van der Waals surface area (Å²) < 4.78 is 0. The molecule has 0 atom stereocenters. The standard InChI is InChI=1S/C42H34N4/c43-26-27-13-14-31-9-6-12-36(38(31)22-27)35-10-4-5-11-37(35)41-45-39(32-7-2-1-3-8-32)44-40(46-41)33-15-17-34(18-16-33)42-23-28-19-29(24-42)21-30(20-28)25-42/h1-18,22,28-30H,19-21,23-25H2/t28-,29+,30-,42?. The van der Waals surface area contributed by atoms with E-state index in [1.54, 1.807) is 0 Å². The van der Waals surface area contributed by atoms with Gasteiger partial charge in [-0.2, -0.15) is 5.26 Å². The van der Waals surface area contributed by atoms with Crippen LogP contribution in [0.25, 0.3) is 56.1 Å². The molecule has 4 aliphatic rings. The van der Waals surface area contributed by atoms with Crippen LogP contribution in [0, 0.1) is 29.1 Å². The lowest BCUT2D eigenvalue weighted by atomic mass is 9.48. The van der Waals surface area contributed by atoms with Gasteiger partial charge in [0.05, 0.1) is 11.6 Å². The zero-order valence-corrected chi connectivity index (χ0v) is 25.7. The first-order valence-electron chi connectivity index (χ1n) is 16.6. The van der Waals surface area contributed by atoms with Gasteiger partial charge < -0.3 is 0 Å². The van der Waals surface area contributed by atoms with Gasteiger partial charge in [-0.3, -0.25) is 0 Å². The highest BCUT2D eigenvalue weighted by atomic mass is 15.0. The van der Waals surface area contributed by atoms with Crippen molar-refractivity contribution in [3.05, 3.63) is 126 Å². The second-order valence-corrected chi connectivity index (χ2v) is 13.8. The number of nitrogens with zero attached hydrogens (tertiary/aromatic N) is 4. The van der Waals surface area contributed by atoms with Gasteiger partial charge in [0.2, 0.25) is 0 Å². The summed E-state index contributed by atoms with van der Waals surface area (Å²) in [5.41, 5.74) is 7.48. The predicted molar refractivity (Wildman–Crippen MR) is 184 cm³/mol. The molecule has 46 heavy (non-hydrogen) atoms. The molecule has 0 radical (unpaired) electrons. The fourth-order valence-corrected chi connectivity index (χ4v) is 9.27. The molecule has 4 saturated carbocycles. The molecule has 6 aromatic rings. The largest absolute Gasteiger partial charge is 0.208 e. The highest BCUT2D eigenvalue weighted by Gasteiger charge is 2.51. The van der Waals surface area contributed by atoms with E-state index in [1.807, 2.05) is 42.5 Å². The minimum absolute atomic E-state index is 0.357. The van der Waals surface area contributed by atoms with Gasteiger partial charge in [-0.25, -0.2) is 15.0 Å². The summed E-state index contributed by atoms with van der Waals surface area (Å²) >= 11 is 0. The van der Waals surface area contributed by atoms with Crippen LogP contribution < -0.4 is 0 Å². The highest BCUT2D eigenvalue weighted by Crippen LogP contribution is 2.60. The van der Waals surface area contributed by atoms with Crippen LogP contribution in [0.15, 0.2) is 115 Å². The Hall–Kier alpha value is -5.14. The van der Waals surface area contributed by atoms with Crippen LogP contribution in [0.5, 0.6) is 0 Å². The van der Waals surface area contributed by atoms with Gasteiger partial charge in [0.15, 0.2) is 17.5 Å². The fourth-order valence-electron chi connectivity index (χ4n) is 9.27. The van der Waals surface area contributed by atoms with Crippen LogP contribution in [0.2, 0.25) is 0 Å². The van der Waals surface area contributed by atoms with Crippen LogP contribution in [-0.2, 0) is 5.41 Å². The molecule has 0 unspecified atom stereocenters. The number of benzene rings is 5. The molecular weight excluding hydrogens is 560 g/mol. The average Bonchev–Trinajstić information content (AvgIpc) is 3.11. The zero-order chi connectivity index (χ0) is 30.7. The first-order chi connectivity index (χ1) is 22.6. The van der Waals surface area contributed by atoms with Crippen molar-refractivity contribution in [2.24, 2.45) is 17.8 Å². The highest BCUT2D eigenvalue weighted by molar-refractivity contribution is 6.00. The van der Waals surface area contributed by atoms with Crippen molar-refractivity contribution >= 4 is 10.8 Å². The van der Waals surface area contributed by atoms with Crippen LogP contribution in [-0.4, -0.2) is 15.0 Å². The lowest BCUT2D eigenvalue weighted by Gasteiger charge is -2.57. The van der Waals surface area contributed by atoms with Crippen LogP contribution >= 0.6 is 0 Å². The molecule has 0 saturated heterocycles. The number of aromatic nitrogens is 3. The summed E-state index contributed by atoms with van der Waals surface area (Å²) in [6.45, 7) is 0. The van der Waals surface area contributed by atoms with E-state index >= 15 is 0 Å². The molecule has 4 nitrogen and oxygen atoms in total. The lowest BCUT2D eigenvalue weighted by molar-refractivity contribution is -0.00518. The quantitative estimate of drug-likeness (QED) is 0.199. The van der Waals surface area contributed by atoms with E-state index in [1.165, 1.54) is 44.1 Å². The molecule has 1 heterocycles. The van der Waals surface area contributed by atoms with Crippen molar-refractivity contribution in [1.29, 1.82) is 5.26 Å². The van der Waals surface area contributed by atoms with E-state index < -0.39 is 0 Å². The molecule has 1 aromatic heterocycles. The Kier molecular flexibility index (Phi) is 6.35. The van der Waals surface area contributed by atoms with Crippen molar-refractivity contribution < 1.29 is 0 Å². The second-order valence-electron chi connectivity index (χ2n) is 13.8. The maximum atomic E-state index is 9.64. The fraction of sp³-hybridized carbons (Fsp3) is 0.238. The molecule has 4 heteroatoms. The molecule has 0 spiro atoms. The monoisotopic (exact) mass is 594 g/mol. The van der Waals surface area contributed by atoms with Gasteiger partial charge in [0.1, 0.15) is 0 Å². The summed E-state index contributed by atoms with van der Waals surface area (Å²) in [5.74, 6) is 4.72. The predicted octanol–water partition coefficient (Wildman–Crippen LogP) is 10.0. The Balaban J connectivity index is 1.17. The molecule has 10 rings (SSSR count). The summed E-state index contributed by atoms with van der Waals surface area (Å²) in [4.78, 5) is 15.3. The number of hydrogen-bond donors (Lipinski definition) is 0. The SMILES string of the molecule is N#Cc1ccc2cccc(-c3ccccc3-c3nc(-c4ccccc4)nc(-c4ccc(C56C[C@H]7C[C@@H](C5)C[C@@H](C6)C7)cc4)n3)c2c1. The molecule has 4 bridgehead atoms. The first-order valence-corrected chi connectivity index (χ1v) is 16.6. The van der Waals surface area contributed by atoms with E-state index in [2.05, 4.69) is 78.9 Å². The maximum Gasteiger partial charge on any atom is 0.164 e. The third-order valence-corrected chi connectivity index (χ3v) is 10.9. The summed E-state index contributed by atoms with van der Waals surface area (Å²) in [6.07, 6.45) is 8.42. The van der Waals surface area contributed by atoms with Gasteiger partial charge in [-0.05, 0) is 101 Å². The van der Waals surface area contributed by atoms with Crippen LogP contribution in [0.3, 0.4) is 0 Å². The van der Waals surface area contributed by atoms with E-state index in [0.29, 0.717) is 28.5 Å². The Bertz CT molecular complexity index is 2110. The van der Waals surface area contributed by atoms with Gasteiger partial charge in [0.25, 0.3) is 0 Å². The molecule has 4 fully saturated rings. The van der Waals surface area contributed by atoms with Crippen molar-refractivity contribution in [2.75, 3.05) is 0 Å². The molecule has 4 aliphatic carbocycles. The van der Waals surface area contributed by atoms with Crippen molar-refractivity contribution in [2.45, 2.75) is 43.9 Å². The van der Waals surface area contributed by atoms with Crippen LogP contribution in [0.4, 0.5) is 0 Å². The normalized spacial score (nSPS) is 23.0. The average molecular weight is 595 g/mol. The summed E-state index contributed by atoms with van der Waals surface area (Å²) in [6, 6.07) is 42.1. The van der Waals surface area contributed by atoms with E-state index in [0.717, 1.165) is 56.3 Å². The minimum atomic E-state index is 0.357. The van der Waals surface area contributed by atoms with E-state index in [9.17, 15) is 5.26 Å². The van der Waals surface area contributed by atoms with Crippen molar-refractivity contribution in [3.8, 4) is 51.4 Å². The number of nitriles is 1. The Morgan fingerprint density at radius 1 is 0.543 bits per heavy atom. The number of rotatable bonds is 5. The molecule has 0 amide bonds. The number of fused-ring (bicyclic) bond motifs is 1. The first kappa shape index (κ1) is 27.2. The molecule has 0 N–H and O–H groups in total. The van der Waals surface area contributed by atoms with E-state index in [-0.39, 0.29) is 0 Å². The third kappa shape index (κ3) is 4.62. The zero-order valence-electron chi connectivity index (χ0n) is 25.7. The van der Waals surface area contributed by atoms with Gasteiger partial charge in [0, 0.05) is 16.7 Å². The maximum absolute atomic E-state index is 9.64. The van der Waals surface area contributed by atoms with Crippen LogP contribution in [0.1, 0.15) is 49.7 Å². The van der Waals surface area contributed by atoms with Crippen molar-refractivity contribution in [3.63, 3.8) is 0 Å². The molecule has 222 valence electrons. The van der Waals surface area contributed by atoms with Gasteiger partial charge in [-0.1, -0.05) is 103 Å². The minimum Gasteiger partial charge on any atom is -0.208 e. The van der Waals surface area contributed by atoms with Gasteiger partial charge in [-0.15, -0.1) is 0 Å². The van der Waals surface area contributed by atoms with E-state index in [4.69, 9.17) is 15.0 Å². The lowest BCUT2D eigenvalue weighted by Crippen LogP contribution is -2.48. The Labute approximate surface area is 269 Å². The Morgan fingerprint density at radius 2 is 1.13 bits per heavy atom. The number of hydrogen-bond acceptors (Lipinski definition) is 4. The second kappa shape index (κ2) is 10.7.